The summed E-state index contributed by atoms with van der Waals surface area (Å²) in [5.41, 5.74) is 3.74. The summed E-state index contributed by atoms with van der Waals surface area (Å²) >= 11 is 3.48. The molecule has 4 aromatic rings. The zero-order chi connectivity index (χ0) is 20.2. The van der Waals surface area contributed by atoms with Crippen molar-refractivity contribution < 1.29 is 9.53 Å². The third-order valence-corrected chi connectivity index (χ3v) is 5.24. The molecule has 0 radical (unpaired) electrons. The van der Waals surface area contributed by atoms with Gasteiger partial charge >= 0.3 is 0 Å². The Morgan fingerprint density at radius 2 is 1.72 bits per heavy atom. The molecule has 1 N–H and O–H groups in total. The van der Waals surface area contributed by atoms with E-state index in [2.05, 4.69) is 21.2 Å². The summed E-state index contributed by atoms with van der Waals surface area (Å²) in [6.07, 6.45) is 0. The monoisotopic (exact) mass is 446 g/mol. The van der Waals surface area contributed by atoms with Crippen LogP contribution in [0.2, 0.25) is 0 Å². The third-order valence-electron chi connectivity index (χ3n) is 4.54. The first-order valence-electron chi connectivity index (χ1n) is 9.34. The van der Waals surface area contributed by atoms with Crippen LogP contribution >= 0.6 is 15.9 Å². The summed E-state index contributed by atoms with van der Waals surface area (Å²) in [6.45, 7) is 2.57. The Labute approximate surface area is 177 Å². The number of fused-ring (bicyclic) bond motifs is 1. The molecule has 29 heavy (non-hydrogen) atoms. The number of ether oxygens (including phenoxy) is 1. The van der Waals surface area contributed by atoms with Crippen molar-refractivity contribution in [1.29, 1.82) is 0 Å². The number of carbonyl (C=O) groups excluding carboxylic acids is 1. The Bertz CT molecular complexity index is 1170. The van der Waals surface area contributed by atoms with E-state index in [0.717, 1.165) is 38.1 Å². The predicted octanol–water partition coefficient (Wildman–Crippen LogP) is 6.32. The van der Waals surface area contributed by atoms with Crippen molar-refractivity contribution >= 4 is 38.4 Å². The molecule has 4 rings (SSSR count). The molecule has 0 fully saturated rings. The summed E-state index contributed by atoms with van der Waals surface area (Å²) in [6, 6.07) is 24.8. The van der Waals surface area contributed by atoms with E-state index in [1.165, 1.54) is 0 Å². The molecule has 0 atom stereocenters. The Hall–Kier alpha value is -3.18. The fraction of sp³-hybridized carbons (Fsp3) is 0.0833. The molecule has 0 bridgehead atoms. The van der Waals surface area contributed by atoms with Gasteiger partial charge in [0.05, 0.1) is 29.1 Å². The summed E-state index contributed by atoms with van der Waals surface area (Å²) < 4.78 is 6.35. The first-order chi connectivity index (χ1) is 14.2. The second-order valence-electron chi connectivity index (χ2n) is 6.46. The molecule has 0 spiro atoms. The number of benzene rings is 3. The largest absolute Gasteiger partial charge is 0.494 e. The number of para-hydroxylation sites is 2. The molecular weight excluding hydrogens is 428 g/mol. The minimum Gasteiger partial charge on any atom is -0.494 e. The highest BCUT2D eigenvalue weighted by Gasteiger charge is 2.15. The molecule has 0 aliphatic heterocycles. The smallest absolute Gasteiger partial charge is 0.256 e. The number of aromatic nitrogens is 1. The molecule has 1 heterocycles. The van der Waals surface area contributed by atoms with Gasteiger partial charge in [-0.05, 0) is 71.4 Å². The number of carbonyl (C=O) groups is 1. The third kappa shape index (κ3) is 4.15. The number of hydrogen-bond donors (Lipinski definition) is 1. The highest BCUT2D eigenvalue weighted by molar-refractivity contribution is 9.10. The molecule has 1 aromatic heterocycles. The average Bonchev–Trinajstić information content (AvgIpc) is 2.75. The number of pyridine rings is 1. The van der Waals surface area contributed by atoms with Gasteiger partial charge in [-0.25, -0.2) is 4.98 Å². The van der Waals surface area contributed by atoms with Crippen LogP contribution in [-0.2, 0) is 0 Å². The van der Waals surface area contributed by atoms with E-state index in [1.54, 1.807) is 0 Å². The molecule has 0 saturated carbocycles. The standard InChI is InChI=1S/C24H19BrN2O2/c1-2-29-17-13-11-16(12-14-17)23-15-19(18-7-3-5-9-21(18)26-23)24(28)27-22-10-6-4-8-20(22)25/h3-15H,2H2,1H3,(H,27,28). The number of anilines is 1. The highest BCUT2D eigenvalue weighted by atomic mass is 79.9. The van der Waals surface area contributed by atoms with E-state index in [1.807, 2.05) is 85.8 Å². The number of nitrogens with zero attached hydrogens (tertiary/aromatic N) is 1. The molecule has 0 unspecified atom stereocenters. The van der Waals surface area contributed by atoms with Gasteiger partial charge in [0.25, 0.3) is 5.91 Å². The zero-order valence-corrected chi connectivity index (χ0v) is 17.4. The molecule has 0 aliphatic carbocycles. The quantitative estimate of drug-likeness (QED) is 0.390. The summed E-state index contributed by atoms with van der Waals surface area (Å²) in [5, 5.41) is 3.80. The second-order valence-corrected chi connectivity index (χ2v) is 7.32. The van der Waals surface area contributed by atoms with Gasteiger partial charge in [-0.1, -0.05) is 30.3 Å². The lowest BCUT2D eigenvalue weighted by Crippen LogP contribution is -2.13. The lowest BCUT2D eigenvalue weighted by Gasteiger charge is -2.12. The topological polar surface area (TPSA) is 51.2 Å². The molecule has 5 heteroatoms. The van der Waals surface area contributed by atoms with Crippen LogP contribution in [0.4, 0.5) is 5.69 Å². The molecule has 1 amide bonds. The van der Waals surface area contributed by atoms with Gasteiger partial charge < -0.3 is 10.1 Å². The van der Waals surface area contributed by atoms with Gasteiger partial charge in [-0.3, -0.25) is 4.79 Å². The number of rotatable bonds is 5. The molecule has 3 aromatic carbocycles. The van der Waals surface area contributed by atoms with Crippen molar-refractivity contribution in [2.24, 2.45) is 0 Å². The average molecular weight is 447 g/mol. The van der Waals surface area contributed by atoms with Crippen molar-refractivity contribution in [3.8, 4) is 17.0 Å². The molecule has 0 aliphatic rings. The van der Waals surface area contributed by atoms with Gasteiger partial charge in [-0.2, -0.15) is 0 Å². The first-order valence-corrected chi connectivity index (χ1v) is 10.1. The van der Waals surface area contributed by atoms with Crippen molar-refractivity contribution in [1.82, 2.24) is 4.98 Å². The number of nitrogens with one attached hydrogen (secondary N) is 1. The van der Waals surface area contributed by atoms with Crippen molar-refractivity contribution in [2.75, 3.05) is 11.9 Å². The van der Waals surface area contributed by atoms with Gasteiger partial charge in [0, 0.05) is 15.4 Å². The molecule has 4 nitrogen and oxygen atoms in total. The fourth-order valence-corrected chi connectivity index (χ4v) is 3.54. The van der Waals surface area contributed by atoms with Crippen LogP contribution in [0.1, 0.15) is 17.3 Å². The van der Waals surface area contributed by atoms with E-state index in [4.69, 9.17) is 9.72 Å². The Morgan fingerprint density at radius 3 is 2.48 bits per heavy atom. The van der Waals surface area contributed by atoms with E-state index in [-0.39, 0.29) is 5.91 Å². The summed E-state index contributed by atoms with van der Waals surface area (Å²) in [5.74, 6) is 0.631. The normalized spacial score (nSPS) is 10.7. The van der Waals surface area contributed by atoms with Gasteiger partial charge in [-0.15, -0.1) is 0 Å². The number of hydrogen-bond acceptors (Lipinski definition) is 3. The lowest BCUT2D eigenvalue weighted by atomic mass is 10.0. The van der Waals surface area contributed by atoms with E-state index < -0.39 is 0 Å². The zero-order valence-electron chi connectivity index (χ0n) is 15.9. The fourth-order valence-electron chi connectivity index (χ4n) is 3.15. The van der Waals surface area contributed by atoms with Crippen LogP contribution in [-0.4, -0.2) is 17.5 Å². The van der Waals surface area contributed by atoms with E-state index in [0.29, 0.717) is 12.2 Å². The maximum absolute atomic E-state index is 13.1. The van der Waals surface area contributed by atoms with Crippen LogP contribution < -0.4 is 10.1 Å². The highest BCUT2D eigenvalue weighted by Crippen LogP contribution is 2.28. The first kappa shape index (κ1) is 19.2. The van der Waals surface area contributed by atoms with E-state index >= 15 is 0 Å². The number of amides is 1. The van der Waals surface area contributed by atoms with Gasteiger partial charge in [0.15, 0.2) is 0 Å². The van der Waals surface area contributed by atoms with Gasteiger partial charge in [0.1, 0.15) is 5.75 Å². The van der Waals surface area contributed by atoms with Crippen LogP contribution in [0.3, 0.4) is 0 Å². The summed E-state index contributed by atoms with van der Waals surface area (Å²) in [7, 11) is 0. The Balaban J connectivity index is 1.76. The maximum Gasteiger partial charge on any atom is 0.256 e. The minimum atomic E-state index is -0.178. The Kier molecular flexibility index (Phi) is 5.58. The van der Waals surface area contributed by atoms with Crippen molar-refractivity contribution in [2.45, 2.75) is 6.92 Å². The molecule has 0 saturated heterocycles. The minimum absolute atomic E-state index is 0.178. The SMILES string of the molecule is CCOc1ccc(-c2cc(C(=O)Nc3ccccc3Br)c3ccccc3n2)cc1. The second kappa shape index (κ2) is 8.45. The lowest BCUT2D eigenvalue weighted by molar-refractivity contribution is 0.102. The molecule has 144 valence electrons. The van der Waals surface area contributed by atoms with E-state index in [9.17, 15) is 4.79 Å². The van der Waals surface area contributed by atoms with Gasteiger partial charge in [0.2, 0.25) is 0 Å². The number of halogens is 1. The van der Waals surface area contributed by atoms with Crippen LogP contribution in [0.5, 0.6) is 5.75 Å². The van der Waals surface area contributed by atoms with Crippen LogP contribution in [0.25, 0.3) is 22.2 Å². The van der Waals surface area contributed by atoms with Crippen molar-refractivity contribution in [3.63, 3.8) is 0 Å². The van der Waals surface area contributed by atoms with Crippen LogP contribution in [0.15, 0.2) is 83.3 Å². The van der Waals surface area contributed by atoms with Crippen LogP contribution in [0, 0.1) is 0 Å². The summed E-state index contributed by atoms with van der Waals surface area (Å²) in [4.78, 5) is 17.9. The molecular formula is C24H19BrN2O2. The maximum atomic E-state index is 13.1. The Morgan fingerprint density at radius 1 is 1.00 bits per heavy atom. The van der Waals surface area contributed by atoms with Crippen molar-refractivity contribution in [3.05, 3.63) is 88.9 Å². The predicted molar refractivity (Wildman–Crippen MR) is 120 cm³/mol.